The van der Waals surface area contributed by atoms with Crippen LogP contribution >= 0.6 is 0 Å². The molecular weight excluding hydrogens is 220 g/mol. The van der Waals surface area contributed by atoms with Gasteiger partial charge in [0.1, 0.15) is 0 Å². The Hall–Kier alpha value is -1.75. The van der Waals surface area contributed by atoms with Crippen LogP contribution in [0.25, 0.3) is 0 Å². The normalized spacial score (nSPS) is 10.5. The number of carbonyl (C=O) groups is 1. The van der Waals surface area contributed by atoms with Crippen molar-refractivity contribution in [2.24, 2.45) is 0 Å². The zero-order valence-electron chi connectivity index (χ0n) is 10.1. The Bertz CT molecular complexity index is 391. The van der Waals surface area contributed by atoms with Crippen molar-refractivity contribution in [2.75, 3.05) is 24.2 Å². The van der Waals surface area contributed by atoms with Gasteiger partial charge in [0.15, 0.2) is 0 Å². The van der Waals surface area contributed by atoms with E-state index in [0.29, 0.717) is 13.2 Å². The van der Waals surface area contributed by atoms with Crippen LogP contribution in [0.1, 0.15) is 24.2 Å². The van der Waals surface area contributed by atoms with Crippen LogP contribution < -0.4 is 11.1 Å². The van der Waals surface area contributed by atoms with E-state index in [0.717, 1.165) is 5.69 Å². The molecule has 17 heavy (non-hydrogen) atoms. The molecule has 0 unspecified atom stereocenters. The highest BCUT2D eigenvalue weighted by Gasteiger charge is 2.08. The van der Waals surface area contributed by atoms with Crippen molar-refractivity contribution in [2.45, 2.75) is 20.0 Å². The van der Waals surface area contributed by atoms with Crippen molar-refractivity contribution >= 4 is 17.3 Å². The van der Waals surface area contributed by atoms with E-state index in [1.54, 1.807) is 12.1 Å². The highest BCUT2D eigenvalue weighted by Crippen LogP contribution is 2.17. The van der Waals surface area contributed by atoms with E-state index in [9.17, 15) is 4.79 Å². The number of nitrogens with one attached hydrogen (secondary N) is 1. The minimum Gasteiger partial charge on any atom is -0.478 e. The third kappa shape index (κ3) is 4.32. The maximum atomic E-state index is 10.9. The lowest BCUT2D eigenvalue weighted by Crippen LogP contribution is -2.13. The number of hydrogen-bond donors (Lipinski definition) is 3. The van der Waals surface area contributed by atoms with Crippen molar-refractivity contribution in [1.29, 1.82) is 0 Å². The lowest BCUT2D eigenvalue weighted by molar-refractivity contribution is 0.0698. The first-order valence-corrected chi connectivity index (χ1v) is 5.49. The number of nitrogens with two attached hydrogens (primary N) is 1. The Morgan fingerprint density at radius 1 is 1.53 bits per heavy atom. The molecule has 94 valence electrons. The average molecular weight is 238 g/mol. The van der Waals surface area contributed by atoms with E-state index in [1.807, 2.05) is 13.8 Å². The van der Waals surface area contributed by atoms with Gasteiger partial charge in [0, 0.05) is 17.9 Å². The van der Waals surface area contributed by atoms with Crippen LogP contribution in [0.5, 0.6) is 0 Å². The van der Waals surface area contributed by atoms with Gasteiger partial charge >= 0.3 is 5.97 Å². The van der Waals surface area contributed by atoms with E-state index >= 15 is 0 Å². The first kappa shape index (κ1) is 13.3. The van der Waals surface area contributed by atoms with E-state index in [2.05, 4.69) is 5.32 Å². The summed E-state index contributed by atoms with van der Waals surface area (Å²) in [6.07, 6.45) is 0.192. The number of ether oxygens (including phenoxy) is 1. The van der Waals surface area contributed by atoms with Crippen molar-refractivity contribution < 1.29 is 14.6 Å². The van der Waals surface area contributed by atoms with Crippen LogP contribution in [0.15, 0.2) is 18.2 Å². The lowest BCUT2D eigenvalue weighted by atomic mass is 10.1. The molecule has 0 aliphatic rings. The second kappa shape index (κ2) is 6.10. The van der Waals surface area contributed by atoms with E-state index in [-0.39, 0.29) is 17.4 Å². The van der Waals surface area contributed by atoms with Gasteiger partial charge in [0.05, 0.1) is 18.3 Å². The van der Waals surface area contributed by atoms with E-state index in [4.69, 9.17) is 15.6 Å². The summed E-state index contributed by atoms with van der Waals surface area (Å²) >= 11 is 0. The minimum absolute atomic E-state index is 0.111. The standard InChI is InChI=1S/C12H18N2O3/c1-8(2)17-6-5-14-9-3-4-11(13)10(7-9)12(15)16/h3-4,7-8,14H,5-6,13H2,1-2H3,(H,15,16). The summed E-state index contributed by atoms with van der Waals surface area (Å²) in [4.78, 5) is 10.9. The molecule has 1 aromatic rings. The molecule has 0 amide bonds. The first-order chi connectivity index (χ1) is 8.00. The van der Waals surface area contributed by atoms with Crippen LogP contribution in [0, 0.1) is 0 Å². The number of anilines is 2. The maximum absolute atomic E-state index is 10.9. The molecule has 0 heterocycles. The lowest BCUT2D eigenvalue weighted by Gasteiger charge is -2.10. The van der Waals surface area contributed by atoms with Gasteiger partial charge in [-0.15, -0.1) is 0 Å². The topological polar surface area (TPSA) is 84.6 Å². The molecule has 0 spiro atoms. The van der Waals surface area contributed by atoms with Gasteiger partial charge in [0.25, 0.3) is 0 Å². The number of hydrogen-bond acceptors (Lipinski definition) is 4. The Morgan fingerprint density at radius 2 is 2.24 bits per heavy atom. The van der Waals surface area contributed by atoms with Crippen LogP contribution in [-0.2, 0) is 4.74 Å². The molecule has 0 saturated carbocycles. The summed E-state index contributed by atoms with van der Waals surface area (Å²) < 4.78 is 5.36. The predicted molar refractivity (Wildman–Crippen MR) is 67.4 cm³/mol. The van der Waals surface area contributed by atoms with Crippen molar-refractivity contribution in [1.82, 2.24) is 0 Å². The van der Waals surface area contributed by atoms with Gasteiger partial charge in [-0.2, -0.15) is 0 Å². The van der Waals surface area contributed by atoms with Crippen LogP contribution in [0.2, 0.25) is 0 Å². The van der Waals surface area contributed by atoms with Gasteiger partial charge in [-0.05, 0) is 32.0 Å². The molecule has 5 nitrogen and oxygen atoms in total. The van der Waals surface area contributed by atoms with E-state index in [1.165, 1.54) is 6.07 Å². The number of aromatic carboxylic acids is 1. The monoisotopic (exact) mass is 238 g/mol. The molecule has 0 bridgehead atoms. The summed E-state index contributed by atoms with van der Waals surface area (Å²) in [7, 11) is 0. The smallest absolute Gasteiger partial charge is 0.337 e. The summed E-state index contributed by atoms with van der Waals surface area (Å²) in [5.74, 6) is -1.02. The van der Waals surface area contributed by atoms with Gasteiger partial charge in [-0.3, -0.25) is 0 Å². The summed E-state index contributed by atoms with van der Waals surface area (Å²) in [6.45, 7) is 5.13. The Balaban J connectivity index is 2.54. The highest BCUT2D eigenvalue weighted by molar-refractivity contribution is 5.94. The fourth-order valence-electron chi connectivity index (χ4n) is 1.34. The largest absolute Gasteiger partial charge is 0.478 e. The second-order valence-electron chi connectivity index (χ2n) is 3.95. The Kier molecular flexibility index (Phi) is 4.78. The van der Waals surface area contributed by atoms with Crippen molar-refractivity contribution in [3.05, 3.63) is 23.8 Å². The number of carboxylic acids is 1. The molecule has 0 aliphatic heterocycles. The zero-order chi connectivity index (χ0) is 12.8. The van der Waals surface area contributed by atoms with Crippen LogP contribution in [-0.4, -0.2) is 30.3 Å². The fraction of sp³-hybridized carbons (Fsp3) is 0.417. The maximum Gasteiger partial charge on any atom is 0.337 e. The number of benzene rings is 1. The first-order valence-electron chi connectivity index (χ1n) is 5.49. The number of nitrogen functional groups attached to an aromatic ring is 1. The third-order valence-corrected chi connectivity index (χ3v) is 2.17. The summed E-state index contributed by atoms with van der Waals surface area (Å²) in [6, 6.07) is 4.85. The molecule has 5 heteroatoms. The fourth-order valence-corrected chi connectivity index (χ4v) is 1.34. The van der Waals surface area contributed by atoms with Gasteiger partial charge in [-0.1, -0.05) is 0 Å². The van der Waals surface area contributed by atoms with Crippen molar-refractivity contribution in [3.63, 3.8) is 0 Å². The molecule has 0 aliphatic carbocycles. The van der Waals surface area contributed by atoms with E-state index < -0.39 is 5.97 Å². The van der Waals surface area contributed by atoms with Gasteiger partial charge < -0.3 is 20.9 Å². The molecule has 1 rings (SSSR count). The molecule has 0 atom stereocenters. The SMILES string of the molecule is CC(C)OCCNc1ccc(N)c(C(=O)O)c1. The molecular formula is C12H18N2O3. The predicted octanol–water partition coefficient (Wildman–Crippen LogP) is 1.80. The molecule has 0 fully saturated rings. The van der Waals surface area contributed by atoms with Crippen LogP contribution in [0.3, 0.4) is 0 Å². The molecule has 0 saturated heterocycles. The molecule has 0 radical (unpaired) electrons. The van der Waals surface area contributed by atoms with Gasteiger partial charge in [0.2, 0.25) is 0 Å². The summed E-state index contributed by atoms with van der Waals surface area (Å²) in [5.41, 5.74) is 6.65. The highest BCUT2D eigenvalue weighted by atomic mass is 16.5. The van der Waals surface area contributed by atoms with Gasteiger partial charge in [-0.25, -0.2) is 4.79 Å². The van der Waals surface area contributed by atoms with Crippen LogP contribution in [0.4, 0.5) is 11.4 Å². The quantitative estimate of drug-likeness (QED) is 0.520. The number of carboxylic acid groups (broad SMARTS) is 1. The second-order valence-corrected chi connectivity index (χ2v) is 3.95. The van der Waals surface area contributed by atoms with Crippen molar-refractivity contribution in [3.8, 4) is 0 Å². The molecule has 1 aromatic carbocycles. The third-order valence-electron chi connectivity index (χ3n) is 2.17. The Morgan fingerprint density at radius 3 is 2.82 bits per heavy atom. The molecule has 4 N–H and O–H groups in total. The summed E-state index contributed by atoms with van der Waals surface area (Å²) in [5, 5.41) is 12.0. The average Bonchev–Trinajstić information content (AvgIpc) is 2.25. The minimum atomic E-state index is -1.02. The number of rotatable bonds is 6. The Labute approximate surface area is 101 Å². The molecule has 0 aromatic heterocycles. The zero-order valence-corrected chi connectivity index (χ0v) is 10.1.